The van der Waals surface area contributed by atoms with Crippen molar-refractivity contribution in [2.24, 2.45) is 0 Å². The van der Waals surface area contributed by atoms with Crippen LogP contribution in [0.2, 0.25) is 0 Å². The van der Waals surface area contributed by atoms with Crippen molar-refractivity contribution in [3.8, 4) is 0 Å². The van der Waals surface area contributed by atoms with E-state index < -0.39 is 9.84 Å². The highest BCUT2D eigenvalue weighted by molar-refractivity contribution is 7.91. The molecule has 1 saturated heterocycles. The van der Waals surface area contributed by atoms with Gasteiger partial charge in [0.15, 0.2) is 9.84 Å². The number of rotatable bonds is 2. The second-order valence-electron chi connectivity index (χ2n) is 4.25. The van der Waals surface area contributed by atoms with Crippen LogP contribution in [0.4, 0.5) is 0 Å². The predicted molar refractivity (Wildman–Crippen MR) is 62.8 cm³/mol. The normalized spacial score (nSPS) is 25.4. The van der Waals surface area contributed by atoms with Crippen molar-refractivity contribution in [3.05, 3.63) is 30.1 Å². The van der Waals surface area contributed by atoms with Crippen LogP contribution in [0, 0.1) is 0 Å². The van der Waals surface area contributed by atoms with Crippen molar-refractivity contribution in [2.45, 2.75) is 19.5 Å². The van der Waals surface area contributed by atoms with Crippen molar-refractivity contribution in [2.75, 3.05) is 18.1 Å². The fraction of sp³-hybridized carbons (Fsp3) is 0.545. The smallest absolute Gasteiger partial charge is 0.153 e. The molecule has 4 nitrogen and oxygen atoms in total. The third kappa shape index (κ3) is 2.80. The van der Waals surface area contributed by atoms with Crippen LogP contribution in [0.3, 0.4) is 0 Å². The van der Waals surface area contributed by atoms with Gasteiger partial charge in [-0.1, -0.05) is 6.07 Å². The highest BCUT2D eigenvalue weighted by Crippen LogP contribution is 2.13. The first-order chi connectivity index (χ1) is 7.57. The minimum Gasteiger partial charge on any atom is -0.293 e. The molecule has 1 aromatic rings. The molecule has 16 heavy (non-hydrogen) atoms. The van der Waals surface area contributed by atoms with E-state index in [2.05, 4.69) is 9.88 Å². The maximum absolute atomic E-state index is 11.4. The number of hydrogen-bond acceptors (Lipinski definition) is 4. The Hall–Kier alpha value is -0.940. The molecular formula is C11H16N2O2S. The number of nitrogens with zero attached hydrogens (tertiary/aromatic N) is 2. The zero-order valence-electron chi connectivity index (χ0n) is 9.33. The molecule has 2 heterocycles. The van der Waals surface area contributed by atoms with Crippen molar-refractivity contribution in [1.29, 1.82) is 0 Å². The molecule has 0 saturated carbocycles. The highest BCUT2D eigenvalue weighted by Gasteiger charge is 2.27. The van der Waals surface area contributed by atoms with Gasteiger partial charge in [-0.15, -0.1) is 0 Å². The van der Waals surface area contributed by atoms with Gasteiger partial charge < -0.3 is 0 Å². The summed E-state index contributed by atoms with van der Waals surface area (Å²) in [4.78, 5) is 6.42. The largest absolute Gasteiger partial charge is 0.293 e. The van der Waals surface area contributed by atoms with Gasteiger partial charge in [-0.05, 0) is 19.1 Å². The molecule has 1 aromatic heterocycles. The summed E-state index contributed by atoms with van der Waals surface area (Å²) in [6, 6.07) is 5.89. The Balaban J connectivity index is 2.02. The number of hydrogen-bond donors (Lipinski definition) is 0. The molecule has 1 aliphatic heterocycles. The summed E-state index contributed by atoms with van der Waals surface area (Å²) in [6.45, 7) is 3.30. The molecule has 5 heteroatoms. The van der Waals surface area contributed by atoms with Gasteiger partial charge in [0.2, 0.25) is 0 Å². The lowest BCUT2D eigenvalue weighted by molar-refractivity contribution is 0.215. The quantitative estimate of drug-likeness (QED) is 0.763. The van der Waals surface area contributed by atoms with Crippen LogP contribution in [-0.4, -0.2) is 42.4 Å². The molecule has 2 rings (SSSR count). The first kappa shape index (κ1) is 11.5. The van der Waals surface area contributed by atoms with E-state index >= 15 is 0 Å². The van der Waals surface area contributed by atoms with Crippen molar-refractivity contribution >= 4 is 9.84 Å². The SMILES string of the molecule is C[C@H]1CS(=O)(=O)CCN1Cc1ccccn1. The lowest BCUT2D eigenvalue weighted by atomic mass is 10.2. The van der Waals surface area contributed by atoms with E-state index in [-0.39, 0.29) is 17.5 Å². The van der Waals surface area contributed by atoms with E-state index in [9.17, 15) is 8.42 Å². The number of pyridine rings is 1. The van der Waals surface area contributed by atoms with Crippen LogP contribution in [-0.2, 0) is 16.4 Å². The standard InChI is InChI=1S/C11H16N2O2S/c1-10-9-16(14,15)7-6-13(10)8-11-4-2-3-5-12-11/h2-5,10H,6-9H2,1H3/t10-/m0/s1. The van der Waals surface area contributed by atoms with Gasteiger partial charge in [0.05, 0.1) is 17.2 Å². The molecular weight excluding hydrogens is 224 g/mol. The second kappa shape index (κ2) is 4.51. The van der Waals surface area contributed by atoms with Crippen LogP contribution in [0.15, 0.2) is 24.4 Å². The van der Waals surface area contributed by atoms with Gasteiger partial charge >= 0.3 is 0 Å². The lowest BCUT2D eigenvalue weighted by Crippen LogP contribution is -2.46. The molecule has 0 N–H and O–H groups in total. The fourth-order valence-corrected chi connectivity index (χ4v) is 3.59. The molecule has 0 spiro atoms. The van der Waals surface area contributed by atoms with E-state index in [1.807, 2.05) is 25.1 Å². The fourth-order valence-electron chi connectivity index (χ4n) is 1.97. The summed E-state index contributed by atoms with van der Waals surface area (Å²) >= 11 is 0. The first-order valence-electron chi connectivity index (χ1n) is 5.41. The molecule has 0 aromatic carbocycles. The Morgan fingerprint density at radius 2 is 2.31 bits per heavy atom. The maximum atomic E-state index is 11.4. The Kier molecular flexibility index (Phi) is 3.25. The van der Waals surface area contributed by atoms with E-state index in [4.69, 9.17) is 0 Å². The van der Waals surface area contributed by atoms with Crippen molar-refractivity contribution < 1.29 is 8.42 Å². The van der Waals surface area contributed by atoms with Gasteiger partial charge in [-0.25, -0.2) is 8.42 Å². The molecule has 0 bridgehead atoms. The van der Waals surface area contributed by atoms with Crippen LogP contribution in [0.1, 0.15) is 12.6 Å². The summed E-state index contributed by atoms with van der Waals surface area (Å²) in [5.41, 5.74) is 0.994. The predicted octanol–water partition coefficient (Wildman–Crippen LogP) is 0.700. The summed E-state index contributed by atoms with van der Waals surface area (Å²) in [5, 5.41) is 0. The summed E-state index contributed by atoms with van der Waals surface area (Å²) in [7, 11) is -2.82. The van der Waals surface area contributed by atoms with Crippen LogP contribution in [0.25, 0.3) is 0 Å². The molecule has 1 fully saturated rings. The topological polar surface area (TPSA) is 50.3 Å². The molecule has 0 amide bonds. The van der Waals surface area contributed by atoms with Gasteiger partial charge in [0, 0.05) is 25.3 Å². The lowest BCUT2D eigenvalue weighted by Gasteiger charge is -2.32. The Labute approximate surface area is 96.2 Å². The van der Waals surface area contributed by atoms with Gasteiger partial charge in [-0.3, -0.25) is 9.88 Å². The van der Waals surface area contributed by atoms with Gasteiger partial charge in [0.25, 0.3) is 0 Å². The Morgan fingerprint density at radius 3 is 2.94 bits per heavy atom. The van der Waals surface area contributed by atoms with E-state index in [0.717, 1.165) is 12.2 Å². The molecule has 0 aliphatic carbocycles. The van der Waals surface area contributed by atoms with Crippen molar-refractivity contribution in [3.63, 3.8) is 0 Å². The Morgan fingerprint density at radius 1 is 1.50 bits per heavy atom. The van der Waals surface area contributed by atoms with Gasteiger partial charge in [-0.2, -0.15) is 0 Å². The maximum Gasteiger partial charge on any atom is 0.153 e. The minimum absolute atomic E-state index is 0.0840. The van der Waals surface area contributed by atoms with Crippen LogP contribution < -0.4 is 0 Å². The third-order valence-electron chi connectivity index (χ3n) is 2.90. The van der Waals surface area contributed by atoms with Crippen LogP contribution in [0.5, 0.6) is 0 Å². The van der Waals surface area contributed by atoms with E-state index in [1.54, 1.807) is 6.20 Å². The van der Waals surface area contributed by atoms with E-state index in [0.29, 0.717) is 6.54 Å². The first-order valence-corrected chi connectivity index (χ1v) is 7.23. The zero-order valence-corrected chi connectivity index (χ0v) is 10.2. The molecule has 1 aliphatic rings. The average Bonchev–Trinajstić information content (AvgIpc) is 2.23. The number of sulfone groups is 1. The summed E-state index contributed by atoms with van der Waals surface area (Å²) in [5.74, 6) is 0.532. The highest BCUT2D eigenvalue weighted by atomic mass is 32.2. The summed E-state index contributed by atoms with van der Waals surface area (Å²) < 4.78 is 22.8. The summed E-state index contributed by atoms with van der Waals surface area (Å²) in [6.07, 6.45) is 1.76. The monoisotopic (exact) mass is 240 g/mol. The number of aromatic nitrogens is 1. The second-order valence-corrected chi connectivity index (χ2v) is 6.48. The Bertz CT molecular complexity index is 444. The molecule has 1 atom stereocenters. The molecule has 0 radical (unpaired) electrons. The molecule has 88 valence electrons. The molecule has 0 unspecified atom stereocenters. The van der Waals surface area contributed by atoms with Crippen LogP contribution >= 0.6 is 0 Å². The van der Waals surface area contributed by atoms with Crippen molar-refractivity contribution in [1.82, 2.24) is 9.88 Å². The minimum atomic E-state index is -2.82. The average molecular weight is 240 g/mol. The zero-order chi connectivity index (χ0) is 11.6. The van der Waals surface area contributed by atoms with E-state index in [1.165, 1.54) is 0 Å². The third-order valence-corrected chi connectivity index (χ3v) is 4.69. The van der Waals surface area contributed by atoms with Gasteiger partial charge in [0.1, 0.15) is 0 Å².